The van der Waals surface area contributed by atoms with Gasteiger partial charge in [0.1, 0.15) is 5.75 Å². The summed E-state index contributed by atoms with van der Waals surface area (Å²) in [5, 5.41) is 0. The molecule has 0 atom stereocenters. The van der Waals surface area contributed by atoms with Gasteiger partial charge in [-0.2, -0.15) is 0 Å². The number of para-hydroxylation sites is 1. The maximum absolute atomic E-state index is 5.40. The van der Waals surface area contributed by atoms with Crippen LogP contribution in [0.5, 0.6) is 5.75 Å². The Balaban J connectivity index is 2.37. The molecule has 0 bridgehead atoms. The summed E-state index contributed by atoms with van der Waals surface area (Å²) in [4.78, 5) is 4.07. The lowest BCUT2D eigenvalue weighted by Crippen LogP contribution is -1.88. The van der Waals surface area contributed by atoms with Gasteiger partial charge in [-0.05, 0) is 30.3 Å². The standard InChI is InChI=1S/C18H19NO/c1-4-7-17(19-2)15-12-10-14(11-13-15)16-8-5-6-9-18(16)20-3/h5-13H,2,4H2,1,3H3/b17-7-. The summed E-state index contributed by atoms with van der Waals surface area (Å²) in [6, 6.07) is 16.3. The number of methoxy groups -OCH3 is 1. The Hall–Kier alpha value is -2.35. The summed E-state index contributed by atoms with van der Waals surface area (Å²) in [6.07, 6.45) is 3.02. The Morgan fingerprint density at radius 2 is 1.85 bits per heavy atom. The van der Waals surface area contributed by atoms with Gasteiger partial charge in [0.15, 0.2) is 0 Å². The second-order valence-electron chi connectivity index (χ2n) is 4.43. The molecule has 0 unspecified atom stereocenters. The van der Waals surface area contributed by atoms with Crippen molar-refractivity contribution in [3.63, 3.8) is 0 Å². The molecule has 0 saturated heterocycles. The van der Waals surface area contributed by atoms with Crippen LogP contribution in [0.15, 0.2) is 59.6 Å². The SMILES string of the molecule is C=N/C(=C\CC)c1ccc(-c2ccccc2OC)cc1. The van der Waals surface area contributed by atoms with E-state index in [4.69, 9.17) is 4.74 Å². The van der Waals surface area contributed by atoms with Crippen molar-refractivity contribution in [2.75, 3.05) is 7.11 Å². The number of ether oxygens (including phenoxy) is 1. The van der Waals surface area contributed by atoms with Crippen molar-refractivity contribution in [2.45, 2.75) is 13.3 Å². The second kappa shape index (κ2) is 6.71. The molecule has 0 aliphatic carbocycles. The van der Waals surface area contributed by atoms with Gasteiger partial charge in [-0.15, -0.1) is 0 Å². The fourth-order valence-electron chi connectivity index (χ4n) is 2.17. The molecule has 0 aliphatic heterocycles. The van der Waals surface area contributed by atoms with Gasteiger partial charge in [-0.1, -0.05) is 55.5 Å². The van der Waals surface area contributed by atoms with Gasteiger partial charge in [0.2, 0.25) is 0 Å². The molecule has 2 heteroatoms. The fraction of sp³-hybridized carbons (Fsp3) is 0.167. The molecule has 2 rings (SSSR count). The predicted octanol–water partition coefficient (Wildman–Crippen LogP) is 4.81. The summed E-state index contributed by atoms with van der Waals surface area (Å²) >= 11 is 0. The van der Waals surface area contributed by atoms with Crippen molar-refractivity contribution >= 4 is 12.4 Å². The van der Waals surface area contributed by atoms with Crippen LogP contribution >= 0.6 is 0 Å². The lowest BCUT2D eigenvalue weighted by Gasteiger charge is -2.09. The van der Waals surface area contributed by atoms with Gasteiger partial charge in [0.25, 0.3) is 0 Å². The number of hydrogen-bond donors (Lipinski definition) is 0. The molecular weight excluding hydrogens is 246 g/mol. The zero-order valence-corrected chi connectivity index (χ0v) is 12.0. The number of benzene rings is 2. The van der Waals surface area contributed by atoms with Crippen molar-refractivity contribution in [1.82, 2.24) is 0 Å². The minimum absolute atomic E-state index is 0.881. The molecule has 0 N–H and O–H groups in total. The van der Waals surface area contributed by atoms with Crippen LogP contribution in [0, 0.1) is 0 Å². The third-order valence-corrected chi connectivity index (χ3v) is 3.17. The Kier molecular flexibility index (Phi) is 4.72. The maximum atomic E-state index is 5.40. The molecular formula is C18H19NO. The highest BCUT2D eigenvalue weighted by Crippen LogP contribution is 2.30. The summed E-state index contributed by atoms with van der Waals surface area (Å²) in [7, 11) is 1.69. The van der Waals surface area contributed by atoms with Gasteiger partial charge < -0.3 is 4.74 Å². The molecule has 2 aromatic rings. The van der Waals surface area contributed by atoms with Gasteiger partial charge >= 0.3 is 0 Å². The highest BCUT2D eigenvalue weighted by Gasteiger charge is 2.05. The van der Waals surface area contributed by atoms with E-state index in [-0.39, 0.29) is 0 Å². The molecule has 0 fully saturated rings. The van der Waals surface area contributed by atoms with Crippen LogP contribution in [0.4, 0.5) is 0 Å². The fourth-order valence-corrected chi connectivity index (χ4v) is 2.17. The van der Waals surface area contributed by atoms with Crippen LogP contribution in [0.1, 0.15) is 18.9 Å². The van der Waals surface area contributed by atoms with Crippen molar-refractivity contribution in [3.05, 3.63) is 60.2 Å². The van der Waals surface area contributed by atoms with E-state index < -0.39 is 0 Å². The van der Waals surface area contributed by atoms with Crippen LogP contribution in [0.2, 0.25) is 0 Å². The van der Waals surface area contributed by atoms with E-state index in [9.17, 15) is 0 Å². The largest absolute Gasteiger partial charge is 0.496 e. The zero-order valence-electron chi connectivity index (χ0n) is 12.0. The first-order valence-electron chi connectivity index (χ1n) is 6.70. The van der Waals surface area contributed by atoms with E-state index in [1.54, 1.807) is 7.11 Å². The minimum atomic E-state index is 0.881. The number of allylic oxidation sites excluding steroid dienone is 1. The van der Waals surface area contributed by atoms with E-state index in [0.717, 1.165) is 34.6 Å². The first-order valence-corrected chi connectivity index (χ1v) is 6.70. The molecule has 0 spiro atoms. The summed E-state index contributed by atoms with van der Waals surface area (Å²) in [5.74, 6) is 0.881. The molecule has 0 aliphatic rings. The van der Waals surface area contributed by atoms with Crippen LogP contribution < -0.4 is 4.74 Å². The first-order chi connectivity index (χ1) is 9.80. The molecule has 0 saturated carbocycles. The smallest absolute Gasteiger partial charge is 0.126 e. The predicted molar refractivity (Wildman–Crippen MR) is 86.2 cm³/mol. The van der Waals surface area contributed by atoms with Gasteiger partial charge in [0.05, 0.1) is 12.8 Å². The molecule has 0 heterocycles. The highest BCUT2D eigenvalue weighted by atomic mass is 16.5. The highest BCUT2D eigenvalue weighted by molar-refractivity contribution is 5.74. The quantitative estimate of drug-likeness (QED) is 0.711. The average Bonchev–Trinajstić information content (AvgIpc) is 2.53. The Morgan fingerprint density at radius 1 is 1.15 bits per heavy atom. The van der Waals surface area contributed by atoms with Crippen molar-refractivity contribution in [1.29, 1.82) is 0 Å². The lowest BCUT2D eigenvalue weighted by atomic mass is 10.0. The van der Waals surface area contributed by atoms with Gasteiger partial charge in [0, 0.05) is 5.56 Å². The van der Waals surface area contributed by atoms with Crippen LogP contribution in [0.25, 0.3) is 16.8 Å². The second-order valence-corrected chi connectivity index (χ2v) is 4.43. The Bertz CT molecular complexity index is 612. The molecule has 0 amide bonds. The summed E-state index contributed by atoms with van der Waals surface area (Å²) in [6.45, 7) is 5.72. The Morgan fingerprint density at radius 3 is 2.45 bits per heavy atom. The molecule has 2 aromatic carbocycles. The van der Waals surface area contributed by atoms with Gasteiger partial charge in [-0.25, -0.2) is 0 Å². The van der Waals surface area contributed by atoms with Crippen LogP contribution in [0.3, 0.4) is 0 Å². The summed E-state index contributed by atoms with van der Waals surface area (Å²) in [5.41, 5.74) is 4.24. The minimum Gasteiger partial charge on any atom is -0.496 e. The Labute approximate surface area is 120 Å². The number of nitrogens with zero attached hydrogens (tertiary/aromatic N) is 1. The monoisotopic (exact) mass is 265 g/mol. The van der Waals surface area contributed by atoms with E-state index in [1.807, 2.05) is 18.2 Å². The average molecular weight is 265 g/mol. The van der Waals surface area contributed by atoms with E-state index >= 15 is 0 Å². The number of hydrogen-bond acceptors (Lipinski definition) is 2. The van der Waals surface area contributed by atoms with E-state index in [0.29, 0.717) is 0 Å². The molecule has 102 valence electrons. The van der Waals surface area contributed by atoms with E-state index in [1.165, 1.54) is 0 Å². The number of aliphatic imine (C=N–C) groups is 1. The van der Waals surface area contributed by atoms with Crippen LogP contribution in [-0.4, -0.2) is 13.8 Å². The third kappa shape index (κ3) is 2.97. The molecule has 20 heavy (non-hydrogen) atoms. The first kappa shape index (κ1) is 14.1. The summed E-state index contributed by atoms with van der Waals surface area (Å²) < 4.78 is 5.40. The topological polar surface area (TPSA) is 21.6 Å². The van der Waals surface area contributed by atoms with Crippen molar-refractivity contribution < 1.29 is 4.74 Å². The molecule has 0 aromatic heterocycles. The number of rotatable bonds is 5. The zero-order chi connectivity index (χ0) is 14.4. The normalized spacial score (nSPS) is 11.2. The molecule has 0 radical (unpaired) electrons. The third-order valence-electron chi connectivity index (χ3n) is 3.17. The van der Waals surface area contributed by atoms with Crippen molar-refractivity contribution in [3.8, 4) is 16.9 Å². The molecule has 2 nitrogen and oxygen atoms in total. The van der Waals surface area contributed by atoms with E-state index in [2.05, 4.69) is 55.0 Å². The maximum Gasteiger partial charge on any atom is 0.126 e. The van der Waals surface area contributed by atoms with Crippen molar-refractivity contribution in [2.24, 2.45) is 4.99 Å². The van der Waals surface area contributed by atoms with Crippen LogP contribution in [-0.2, 0) is 0 Å². The van der Waals surface area contributed by atoms with Gasteiger partial charge in [-0.3, -0.25) is 4.99 Å². The lowest BCUT2D eigenvalue weighted by molar-refractivity contribution is 0.416.